The van der Waals surface area contributed by atoms with Crippen LogP contribution in [0.5, 0.6) is 0 Å². The summed E-state index contributed by atoms with van der Waals surface area (Å²) in [6.07, 6.45) is 3.01. The van der Waals surface area contributed by atoms with Crippen LogP contribution in [0.4, 0.5) is 0 Å². The molecule has 1 saturated heterocycles. The zero-order valence-corrected chi connectivity index (χ0v) is 11.3. The molecule has 0 spiro atoms. The van der Waals surface area contributed by atoms with Gasteiger partial charge in [-0.3, -0.25) is 9.69 Å². The molecule has 0 radical (unpaired) electrons. The zero-order valence-electron chi connectivity index (χ0n) is 11.3. The normalized spacial score (nSPS) is 33.1. The Balaban J connectivity index is 2.06. The Morgan fingerprint density at radius 3 is 2.72 bits per heavy atom. The third-order valence-electron chi connectivity index (χ3n) is 4.22. The second kappa shape index (κ2) is 5.15. The molecule has 5 heteroatoms. The first-order valence-corrected chi connectivity index (χ1v) is 6.85. The molecule has 1 aliphatic heterocycles. The summed E-state index contributed by atoms with van der Waals surface area (Å²) in [6.45, 7) is 6.02. The number of carbonyl (C=O) groups is 1. The Labute approximate surface area is 108 Å². The molecule has 104 valence electrons. The van der Waals surface area contributed by atoms with E-state index in [-0.39, 0.29) is 12.0 Å². The molecular weight excluding hydrogens is 232 g/mol. The van der Waals surface area contributed by atoms with Gasteiger partial charge in [-0.15, -0.1) is 0 Å². The van der Waals surface area contributed by atoms with Gasteiger partial charge in [-0.05, 0) is 32.1 Å². The van der Waals surface area contributed by atoms with Crippen molar-refractivity contribution in [3.05, 3.63) is 0 Å². The lowest BCUT2D eigenvalue weighted by Gasteiger charge is -2.42. The van der Waals surface area contributed by atoms with Crippen LogP contribution in [0.25, 0.3) is 0 Å². The minimum Gasteiger partial charge on any atom is -0.480 e. The smallest absolute Gasteiger partial charge is 0.325 e. The number of ether oxygens (including phenoxy) is 1. The second-order valence-corrected chi connectivity index (χ2v) is 5.76. The van der Waals surface area contributed by atoms with Crippen molar-refractivity contribution in [1.82, 2.24) is 4.90 Å². The fourth-order valence-electron chi connectivity index (χ4n) is 2.79. The van der Waals surface area contributed by atoms with Gasteiger partial charge in [0, 0.05) is 19.1 Å². The fraction of sp³-hybridized carbons (Fsp3) is 0.923. The summed E-state index contributed by atoms with van der Waals surface area (Å²) in [5, 5.41) is 9.42. The molecule has 0 bridgehead atoms. The van der Waals surface area contributed by atoms with Crippen molar-refractivity contribution >= 4 is 5.97 Å². The van der Waals surface area contributed by atoms with Crippen LogP contribution in [0.3, 0.4) is 0 Å². The van der Waals surface area contributed by atoms with Gasteiger partial charge in [-0.1, -0.05) is 6.92 Å². The topological polar surface area (TPSA) is 75.8 Å². The van der Waals surface area contributed by atoms with Crippen LogP contribution in [-0.2, 0) is 9.53 Å². The molecule has 0 amide bonds. The molecular formula is C13H24N2O3. The van der Waals surface area contributed by atoms with Crippen molar-refractivity contribution in [2.24, 2.45) is 11.7 Å². The van der Waals surface area contributed by atoms with Crippen LogP contribution in [0.15, 0.2) is 0 Å². The van der Waals surface area contributed by atoms with E-state index in [2.05, 4.69) is 11.8 Å². The third-order valence-corrected chi connectivity index (χ3v) is 4.22. The Morgan fingerprint density at radius 1 is 1.56 bits per heavy atom. The van der Waals surface area contributed by atoms with Crippen LogP contribution < -0.4 is 5.73 Å². The number of nitrogens with two attached hydrogens (primary N) is 1. The Bertz CT molecular complexity index is 319. The van der Waals surface area contributed by atoms with E-state index in [0.29, 0.717) is 19.2 Å². The van der Waals surface area contributed by atoms with E-state index in [9.17, 15) is 9.90 Å². The van der Waals surface area contributed by atoms with Crippen LogP contribution >= 0.6 is 0 Å². The fourth-order valence-corrected chi connectivity index (χ4v) is 2.79. The Morgan fingerprint density at radius 2 is 2.22 bits per heavy atom. The Kier molecular flexibility index (Phi) is 3.94. The predicted molar refractivity (Wildman–Crippen MR) is 68.3 cm³/mol. The molecule has 1 heterocycles. The van der Waals surface area contributed by atoms with E-state index in [4.69, 9.17) is 10.5 Å². The molecule has 5 nitrogen and oxygen atoms in total. The molecule has 2 aliphatic rings. The van der Waals surface area contributed by atoms with Gasteiger partial charge in [0.2, 0.25) is 0 Å². The number of rotatable bonds is 5. The van der Waals surface area contributed by atoms with Crippen LogP contribution in [0.2, 0.25) is 0 Å². The van der Waals surface area contributed by atoms with Crippen molar-refractivity contribution in [2.45, 2.75) is 50.8 Å². The van der Waals surface area contributed by atoms with Gasteiger partial charge >= 0.3 is 5.97 Å². The zero-order chi connectivity index (χ0) is 13.3. The summed E-state index contributed by atoms with van der Waals surface area (Å²) in [5.74, 6) is -0.718. The predicted octanol–water partition coefficient (Wildman–Crippen LogP) is 0.678. The molecule has 1 saturated carbocycles. The lowest BCUT2D eigenvalue weighted by Crippen LogP contribution is -2.62. The SMILES string of the molecule is CCC1COC(C)CN1CC(N)(C(=O)O)C1CC1. The van der Waals surface area contributed by atoms with Crippen molar-refractivity contribution in [1.29, 1.82) is 0 Å². The Hall–Kier alpha value is -0.650. The van der Waals surface area contributed by atoms with E-state index < -0.39 is 11.5 Å². The van der Waals surface area contributed by atoms with E-state index in [0.717, 1.165) is 25.8 Å². The average Bonchev–Trinajstić information content (AvgIpc) is 3.13. The maximum absolute atomic E-state index is 11.5. The summed E-state index contributed by atoms with van der Waals surface area (Å²) in [7, 11) is 0. The highest BCUT2D eigenvalue weighted by Gasteiger charge is 2.50. The minimum absolute atomic E-state index is 0.144. The molecule has 3 atom stereocenters. The van der Waals surface area contributed by atoms with Crippen molar-refractivity contribution < 1.29 is 14.6 Å². The number of hydrogen-bond acceptors (Lipinski definition) is 4. The molecule has 2 rings (SSSR count). The van der Waals surface area contributed by atoms with Gasteiger partial charge in [0.05, 0.1) is 12.7 Å². The largest absolute Gasteiger partial charge is 0.480 e. The molecule has 0 aromatic carbocycles. The number of carboxylic acid groups (broad SMARTS) is 1. The third kappa shape index (κ3) is 2.68. The molecule has 3 unspecified atom stereocenters. The van der Waals surface area contributed by atoms with E-state index in [1.165, 1.54) is 0 Å². The number of aliphatic carboxylic acids is 1. The quantitative estimate of drug-likeness (QED) is 0.756. The lowest BCUT2D eigenvalue weighted by molar-refractivity contribution is -0.147. The van der Waals surface area contributed by atoms with Gasteiger partial charge in [-0.25, -0.2) is 0 Å². The molecule has 0 aromatic rings. The average molecular weight is 256 g/mol. The minimum atomic E-state index is -1.08. The molecule has 3 N–H and O–H groups in total. The van der Waals surface area contributed by atoms with Crippen molar-refractivity contribution in [3.8, 4) is 0 Å². The molecule has 2 fully saturated rings. The lowest BCUT2D eigenvalue weighted by atomic mass is 9.92. The number of hydrogen-bond donors (Lipinski definition) is 2. The van der Waals surface area contributed by atoms with E-state index in [1.807, 2.05) is 6.92 Å². The molecule has 1 aliphatic carbocycles. The van der Waals surface area contributed by atoms with Gasteiger partial charge < -0.3 is 15.6 Å². The number of carboxylic acids is 1. The van der Waals surface area contributed by atoms with E-state index in [1.54, 1.807) is 0 Å². The monoisotopic (exact) mass is 256 g/mol. The first kappa shape index (κ1) is 13.8. The maximum atomic E-state index is 11.5. The van der Waals surface area contributed by atoms with Gasteiger partial charge in [-0.2, -0.15) is 0 Å². The summed E-state index contributed by atoms with van der Waals surface area (Å²) in [4.78, 5) is 13.7. The van der Waals surface area contributed by atoms with Gasteiger partial charge in [0.25, 0.3) is 0 Å². The molecule has 0 aromatic heterocycles. The number of morpholine rings is 1. The van der Waals surface area contributed by atoms with Gasteiger partial charge in [0.15, 0.2) is 0 Å². The summed E-state index contributed by atoms with van der Waals surface area (Å²) < 4.78 is 5.63. The van der Waals surface area contributed by atoms with Crippen LogP contribution in [-0.4, -0.2) is 53.4 Å². The van der Waals surface area contributed by atoms with Crippen LogP contribution in [0.1, 0.15) is 33.1 Å². The second-order valence-electron chi connectivity index (χ2n) is 5.76. The highest BCUT2D eigenvalue weighted by Crippen LogP contribution is 2.39. The first-order valence-electron chi connectivity index (χ1n) is 6.85. The standard InChI is InChI=1S/C13H24N2O3/c1-3-11-7-18-9(2)6-15(11)8-13(14,12(16)17)10-4-5-10/h9-11H,3-8,14H2,1-2H3,(H,16,17). The van der Waals surface area contributed by atoms with Crippen molar-refractivity contribution in [2.75, 3.05) is 19.7 Å². The van der Waals surface area contributed by atoms with Gasteiger partial charge in [0.1, 0.15) is 5.54 Å². The van der Waals surface area contributed by atoms with E-state index >= 15 is 0 Å². The summed E-state index contributed by atoms with van der Waals surface area (Å²) in [5.41, 5.74) is 5.08. The van der Waals surface area contributed by atoms with Crippen molar-refractivity contribution in [3.63, 3.8) is 0 Å². The highest BCUT2D eigenvalue weighted by molar-refractivity contribution is 5.79. The first-order chi connectivity index (χ1) is 8.47. The maximum Gasteiger partial charge on any atom is 0.325 e. The van der Waals surface area contributed by atoms with Crippen LogP contribution in [0, 0.1) is 5.92 Å². The summed E-state index contributed by atoms with van der Waals surface area (Å²) >= 11 is 0. The number of nitrogens with zero attached hydrogens (tertiary/aromatic N) is 1. The summed E-state index contributed by atoms with van der Waals surface area (Å²) in [6, 6.07) is 0.294. The molecule has 18 heavy (non-hydrogen) atoms. The highest BCUT2D eigenvalue weighted by atomic mass is 16.5.